The van der Waals surface area contributed by atoms with E-state index in [1.54, 1.807) is 0 Å². The summed E-state index contributed by atoms with van der Waals surface area (Å²) in [7, 11) is 0. The maximum atomic E-state index is 9.45. The van der Waals surface area contributed by atoms with Crippen LogP contribution in [0.3, 0.4) is 0 Å². The lowest BCUT2D eigenvalue weighted by Gasteiger charge is -2.12. The molecule has 6 rings (SSSR count). The van der Waals surface area contributed by atoms with E-state index in [2.05, 4.69) is 53.1 Å². The Morgan fingerprint density at radius 3 is 2.11 bits per heavy atom. The van der Waals surface area contributed by atoms with Crippen molar-refractivity contribution in [2.75, 3.05) is 0 Å². The van der Waals surface area contributed by atoms with Crippen LogP contribution in [0, 0.1) is 11.3 Å². The zero-order valence-corrected chi connectivity index (χ0v) is 20.0. The van der Waals surface area contributed by atoms with Gasteiger partial charge in [0.25, 0.3) is 0 Å². The van der Waals surface area contributed by atoms with Crippen molar-refractivity contribution in [1.82, 2.24) is 9.55 Å². The molecule has 6 aromatic rings. The third-order valence-corrected chi connectivity index (χ3v) is 6.67. The molecule has 0 aliphatic rings. The second kappa shape index (κ2) is 9.19. The van der Waals surface area contributed by atoms with Gasteiger partial charge in [0, 0.05) is 21.8 Å². The fraction of sp³-hybridized carbons (Fsp3) is 0. The van der Waals surface area contributed by atoms with Gasteiger partial charge in [0.1, 0.15) is 5.82 Å². The number of halogens is 1. The Morgan fingerprint density at radius 1 is 0.639 bits per heavy atom. The van der Waals surface area contributed by atoms with E-state index in [9.17, 15) is 5.26 Å². The van der Waals surface area contributed by atoms with E-state index >= 15 is 0 Å². The Morgan fingerprint density at radius 2 is 1.33 bits per heavy atom. The summed E-state index contributed by atoms with van der Waals surface area (Å²) in [5.41, 5.74) is 8.51. The number of hydrogen-bond acceptors (Lipinski definition) is 2. The number of hydrogen-bond donors (Lipinski definition) is 0. The number of benzene rings is 5. The van der Waals surface area contributed by atoms with Gasteiger partial charge in [0.2, 0.25) is 0 Å². The lowest BCUT2D eigenvalue weighted by Crippen LogP contribution is -1.97. The zero-order valence-electron chi connectivity index (χ0n) is 19.3. The van der Waals surface area contributed by atoms with E-state index < -0.39 is 0 Å². The highest BCUT2D eigenvalue weighted by molar-refractivity contribution is 6.33. The number of aromatic nitrogens is 2. The van der Waals surface area contributed by atoms with E-state index in [-0.39, 0.29) is 0 Å². The van der Waals surface area contributed by atoms with Gasteiger partial charge in [-0.15, -0.1) is 0 Å². The van der Waals surface area contributed by atoms with Gasteiger partial charge in [-0.25, -0.2) is 4.98 Å². The average Bonchev–Trinajstić information content (AvgIpc) is 3.33. The predicted octanol–water partition coefficient (Wildman–Crippen LogP) is 8.55. The highest BCUT2D eigenvalue weighted by atomic mass is 35.5. The summed E-state index contributed by atoms with van der Waals surface area (Å²) in [6.07, 6.45) is 0. The van der Waals surface area contributed by atoms with E-state index in [4.69, 9.17) is 16.6 Å². The molecule has 0 saturated heterocycles. The highest BCUT2D eigenvalue weighted by Gasteiger charge is 2.15. The largest absolute Gasteiger partial charge is 0.292 e. The Kier molecular flexibility index (Phi) is 5.58. The minimum atomic E-state index is 0.632. The Balaban J connectivity index is 1.40. The second-order valence-corrected chi connectivity index (χ2v) is 8.93. The van der Waals surface area contributed by atoms with Gasteiger partial charge >= 0.3 is 0 Å². The minimum Gasteiger partial charge on any atom is -0.292 e. The molecule has 0 aliphatic heterocycles. The molecule has 0 unspecified atom stereocenters. The van der Waals surface area contributed by atoms with Crippen molar-refractivity contribution in [2.24, 2.45) is 0 Å². The molecule has 170 valence electrons. The molecule has 5 aromatic carbocycles. The van der Waals surface area contributed by atoms with Crippen LogP contribution in [0.5, 0.6) is 0 Å². The fourth-order valence-corrected chi connectivity index (χ4v) is 4.90. The molecular weight excluding hydrogens is 462 g/mol. The van der Waals surface area contributed by atoms with Crippen LogP contribution in [0.15, 0.2) is 121 Å². The molecule has 3 nitrogen and oxygen atoms in total. The van der Waals surface area contributed by atoms with Gasteiger partial charge in [-0.05, 0) is 53.1 Å². The van der Waals surface area contributed by atoms with Gasteiger partial charge in [-0.3, -0.25) is 4.57 Å². The Labute approximate surface area is 214 Å². The van der Waals surface area contributed by atoms with Crippen molar-refractivity contribution in [3.8, 4) is 45.4 Å². The molecule has 0 bridgehead atoms. The summed E-state index contributed by atoms with van der Waals surface area (Å²) in [6, 6.07) is 42.6. The van der Waals surface area contributed by atoms with Crippen LogP contribution >= 0.6 is 11.6 Å². The molecule has 1 heterocycles. The first-order valence-electron chi connectivity index (χ1n) is 11.7. The first-order chi connectivity index (χ1) is 17.7. The van der Waals surface area contributed by atoms with Crippen molar-refractivity contribution in [1.29, 1.82) is 5.26 Å². The quantitative estimate of drug-likeness (QED) is 0.253. The predicted molar refractivity (Wildman–Crippen MR) is 147 cm³/mol. The molecule has 36 heavy (non-hydrogen) atoms. The number of para-hydroxylation sites is 2. The summed E-state index contributed by atoms with van der Waals surface area (Å²) >= 11 is 6.73. The van der Waals surface area contributed by atoms with Crippen LogP contribution in [0.1, 0.15) is 5.56 Å². The third kappa shape index (κ3) is 3.84. The lowest BCUT2D eigenvalue weighted by molar-refractivity contribution is 1.10. The highest BCUT2D eigenvalue weighted by Crippen LogP contribution is 2.35. The summed E-state index contributed by atoms with van der Waals surface area (Å²) in [4.78, 5) is 4.93. The molecule has 1 aromatic heterocycles. The van der Waals surface area contributed by atoms with Crippen molar-refractivity contribution in [3.05, 3.63) is 132 Å². The molecule has 0 saturated carbocycles. The Hall–Kier alpha value is -4.65. The van der Waals surface area contributed by atoms with E-state index in [1.807, 2.05) is 78.9 Å². The zero-order chi connectivity index (χ0) is 24.5. The standard InChI is InChI=1S/C32H20ClN3/c33-29-20-24(27-11-5-4-10-25(27)21-34)16-19-28(29)22-14-17-26(18-15-22)36-31-13-7-6-12-30(31)35-32(36)23-8-2-1-3-9-23/h1-20H. The minimum absolute atomic E-state index is 0.632. The van der Waals surface area contributed by atoms with Crippen molar-refractivity contribution < 1.29 is 0 Å². The molecule has 0 atom stereocenters. The average molecular weight is 482 g/mol. The van der Waals surface area contributed by atoms with Crippen molar-refractivity contribution >= 4 is 22.6 Å². The van der Waals surface area contributed by atoms with Crippen LogP contribution in [-0.4, -0.2) is 9.55 Å². The first-order valence-corrected chi connectivity index (χ1v) is 12.0. The van der Waals surface area contributed by atoms with Gasteiger partial charge in [0.05, 0.1) is 22.7 Å². The normalized spacial score (nSPS) is 10.9. The monoisotopic (exact) mass is 481 g/mol. The number of imidazole rings is 1. The van der Waals surface area contributed by atoms with Crippen LogP contribution in [-0.2, 0) is 0 Å². The topological polar surface area (TPSA) is 41.6 Å². The van der Waals surface area contributed by atoms with Crippen molar-refractivity contribution in [3.63, 3.8) is 0 Å². The van der Waals surface area contributed by atoms with Crippen LogP contribution < -0.4 is 0 Å². The molecule has 0 radical (unpaired) electrons. The number of nitrogens with zero attached hydrogens (tertiary/aromatic N) is 3. The molecule has 4 heteroatoms. The summed E-state index contributed by atoms with van der Waals surface area (Å²) in [6.45, 7) is 0. The Bertz CT molecular complexity index is 1740. The van der Waals surface area contributed by atoms with Crippen molar-refractivity contribution in [2.45, 2.75) is 0 Å². The third-order valence-electron chi connectivity index (χ3n) is 6.36. The van der Waals surface area contributed by atoms with Gasteiger partial charge in [0.15, 0.2) is 0 Å². The van der Waals surface area contributed by atoms with Crippen LogP contribution in [0.25, 0.3) is 50.4 Å². The van der Waals surface area contributed by atoms with Gasteiger partial charge in [-0.2, -0.15) is 5.26 Å². The second-order valence-electron chi connectivity index (χ2n) is 8.52. The molecular formula is C32H20ClN3. The lowest BCUT2D eigenvalue weighted by atomic mass is 9.97. The summed E-state index contributed by atoms with van der Waals surface area (Å²) < 4.78 is 2.19. The number of nitriles is 1. The smallest absolute Gasteiger partial charge is 0.145 e. The van der Waals surface area contributed by atoms with E-state index in [1.165, 1.54) is 0 Å². The molecule has 0 amide bonds. The summed E-state index contributed by atoms with van der Waals surface area (Å²) in [5, 5.41) is 10.1. The molecule has 0 spiro atoms. The van der Waals surface area contributed by atoms with E-state index in [0.717, 1.165) is 50.4 Å². The van der Waals surface area contributed by atoms with E-state index in [0.29, 0.717) is 10.6 Å². The SMILES string of the molecule is N#Cc1ccccc1-c1ccc(-c2ccc(-n3c(-c4ccccc4)nc4ccccc43)cc2)c(Cl)c1. The van der Waals surface area contributed by atoms with Crippen LogP contribution in [0.2, 0.25) is 5.02 Å². The maximum absolute atomic E-state index is 9.45. The van der Waals surface area contributed by atoms with Crippen LogP contribution in [0.4, 0.5) is 0 Å². The van der Waals surface area contributed by atoms with Gasteiger partial charge < -0.3 is 0 Å². The first kappa shape index (κ1) is 21.9. The maximum Gasteiger partial charge on any atom is 0.145 e. The number of rotatable bonds is 4. The molecule has 0 aliphatic carbocycles. The summed E-state index contributed by atoms with van der Waals surface area (Å²) in [5.74, 6) is 0.906. The molecule has 0 N–H and O–H groups in total. The number of fused-ring (bicyclic) bond motifs is 1. The molecule has 0 fully saturated rings. The van der Waals surface area contributed by atoms with Gasteiger partial charge in [-0.1, -0.05) is 96.5 Å². The fourth-order valence-electron chi connectivity index (χ4n) is 4.61.